The monoisotopic (exact) mass is 455 g/mol. The number of aromatic nitrogens is 2. The van der Waals surface area contributed by atoms with Crippen LogP contribution in [0.2, 0.25) is 0 Å². The molecule has 1 unspecified atom stereocenters. The van der Waals surface area contributed by atoms with Crippen molar-refractivity contribution in [2.45, 2.75) is 25.9 Å². The van der Waals surface area contributed by atoms with Gasteiger partial charge in [0, 0.05) is 23.2 Å². The molecule has 0 spiro atoms. The topological polar surface area (TPSA) is 105 Å². The van der Waals surface area contributed by atoms with Crippen molar-refractivity contribution in [3.63, 3.8) is 0 Å². The van der Waals surface area contributed by atoms with Gasteiger partial charge in [-0.05, 0) is 48.9 Å². The van der Waals surface area contributed by atoms with Crippen LogP contribution in [0.4, 0.5) is 16.2 Å². The average molecular weight is 456 g/mol. The highest BCUT2D eigenvalue weighted by Gasteiger charge is 2.11. The van der Waals surface area contributed by atoms with E-state index in [4.69, 9.17) is 0 Å². The maximum absolute atomic E-state index is 12.5. The number of amides is 3. The third-order valence-corrected chi connectivity index (χ3v) is 5.39. The first kappa shape index (κ1) is 22.7. The lowest BCUT2D eigenvalue weighted by molar-refractivity contribution is -0.122. The second kappa shape index (κ2) is 10.4. The van der Waals surface area contributed by atoms with Crippen molar-refractivity contribution < 1.29 is 9.59 Å². The molecule has 4 aromatic rings. The molecule has 0 bridgehead atoms. The minimum Gasteiger partial charge on any atom is -0.350 e. The molecule has 1 atom stereocenters. The van der Waals surface area contributed by atoms with Gasteiger partial charge in [0.15, 0.2) is 0 Å². The Labute approximate surface area is 196 Å². The first-order valence-electron chi connectivity index (χ1n) is 11.0. The Balaban J connectivity index is 1.30. The molecule has 0 fully saturated rings. The summed E-state index contributed by atoms with van der Waals surface area (Å²) in [6, 6.07) is 23.2. The van der Waals surface area contributed by atoms with Crippen molar-refractivity contribution in [3.05, 3.63) is 101 Å². The Kier molecular flexibility index (Phi) is 6.98. The van der Waals surface area contributed by atoms with Crippen LogP contribution in [-0.4, -0.2) is 21.7 Å². The highest BCUT2D eigenvalue weighted by molar-refractivity contribution is 5.99. The van der Waals surface area contributed by atoms with E-state index in [1.54, 1.807) is 28.9 Å². The van der Waals surface area contributed by atoms with E-state index in [1.165, 1.54) is 6.20 Å². The van der Waals surface area contributed by atoms with Crippen LogP contribution in [0.3, 0.4) is 0 Å². The Hall–Kier alpha value is -4.46. The van der Waals surface area contributed by atoms with Crippen LogP contribution < -0.4 is 21.4 Å². The molecule has 34 heavy (non-hydrogen) atoms. The van der Waals surface area contributed by atoms with Gasteiger partial charge in [0.2, 0.25) is 11.3 Å². The van der Waals surface area contributed by atoms with Gasteiger partial charge in [-0.2, -0.15) is 5.10 Å². The quantitative estimate of drug-likeness (QED) is 0.386. The molecule has 172 valence electrons. The van der Waals surface area contributed by atoms with Crippen LogP contribution >= 0.6 is 0 Å². The molecule has 0 aliphatic carbocycles. The van der Waals surface area contributed by atoms with E-state index in [1.807, 2.05) is 61.5 Å². The van der Waals surface area contributed by atoms with Crippen LogP contribution in [0.1, 0.15) is 24.9 Å². The summed E-state index contributed by atoms with van der Waals surface area (Å²) >= 11 is 0. The zero-order chi connectivity index (χ0) is 23.9. The molecule has 0 radical (unpaired) electrons. The van der Waals surface area contributed by atoms with Gasteiger partial charge in [-0.15, -0.1) is 0 Å². The van der Waals surface area contributed by atoms with E-state index in [0.717, 1.165) is 5.56 Å². The molecule has 3 amide bonds. The summed E-state index contributed by atoms with van der Waals surface area (Å²) in [6.45, 7) is 2.26. The number of hydrogen-bond donors (Lipinski definition) is 3. The molecule has 0 saturated carbocycles. The van der Waals surface area contributed by atoms with Crippen molar-refractivity contribution in [2.75, 3.05) is 10.6 Å². The molecule has 3 aromatic carbocycles. The average Bonchev–Trinajstić information content (AvgIpc) is 2.85. The number of anilines is 2. The molecular weight excluding hydrogens is 430 g/mol. The Bertz CT molecular complexity index is 1350. The second-order valence-electron chi connectivity index (χ2n) is 7.86. The fourth-order valence-electron chi connectivity index (χ4n) is 3.61. The standard InChI is InChI=1S/C26H25N5O3/c1-18(19-11-13-21(14-12-19)30-26(34)29-20-7-3-2-4-8-20)28-25(33)15-16-31-23-10-6-5-9-22(23)24(32)17-27-31/h2-14,17-18H,15-16H2,1H3,(H,28,33)(H2,29,30,34). The zero-order valence-electron chi connectivity index (χ0n) is 18.7. The van der Waals surface area contributed by atoms with Crippen molar-refractivity contribution in [1.29, 1.82) is 0 Å². The summed E-state index contributed by atoms with van der Waals surface area (Å²) < 4.78 is 1.67. The number of nitrogens with one attached hydrogen (secondary N) is 3. The van der Waals surface area contributed by atoms with E-state index in [-0.39, 0.29) is 29.8 Å². The van der Waals surface area contributed by atoms with Crippen LogP contribution in [-0.2, 0) is 11.3 Å². The van der Waals surface area contributed by atoms with Crippen LogP contribution in [0.5, 0.6) is 0 Å². The highest BCUT2D eigenvalue weighted by atomic mass is 16.2. The van der Waals surface area contributed by atoms with E-state index in [2.05, 4.69) is 21.0 Å². The summed E-state index contributed by atoms with van der Waals surface area (Å²) in [6.07, 6.45) is 1.50. The number of carbonyl (C=O) groups excluding carboxylic acids is 2. The minimum absolute atomic E-state index is 0.124. The van der Waals surface area contributed by atoms with E-state index in [9.17, 15) is 14.4 Å². The maximum Gasteiger partial charge on any atom is 0.323 e. The molecule has 1 aromatic heterocycles. The third-order valence-electron chi connectivity index (χ3n) is 5.39. The summed E-state index contributed by atoms with van der Waals surface area (Å²) in [5.74, 6) is -0.124. The van der Waals surface area contributed by atoms with E-state index in [0.29, 0.717) is 28.8 Å². The number of rotatable bonds is 7. The van der Waals surface area contributed by atoms with Crippen molar-refractivity contribution in [3.8, 4) is 0 Å². The van der Waals surface area contributed by atoms with Crippen LogP contribution in [0, 0.1) is 0 Å². The molecule has 4 rings (SSSR count). The summed E-state index contributed by atoms with van der Waals surface area (Å²) in [5.41, 5.74) is 2.83. The number of nitrogens with zero attached hydrogens (tertiary/aromatic N) is 2. The summed E-state index contributed by atoms with van der Waals surface area (Å²) in [4.78, 5) is 36.6. The minimum atomic E-state index is -0.330. The summed E-state index contributed by atoms with van der Waals surface area (Å²) in [7, 11) is 0. The number of benzene rings is 3. The largest absolute Gasteiger partial charge is 0.350 e. The van der Waals surface area contributed by atoms with Crippen molar-refractivity contribution >= 4 is 34.2 Å². The first-order chi connectivity index (χ1) is 16.5. The Morgan fingerprint density at radius 3 is 2.26 bits per heavy atom. The Morgan fingerprint density at radius 1 is 0.882 bits per heavy atom. The molecule has 0 aliphatic heterocycles. The van der Waals surface area contributed by atoms with Gasteiger partial charge in [-0.25, -0.2) is 4.79 Å². The SMILES string of the molecule is CC(NC(=O)CCn1ncc(=O)c2ccccc21)c1ccc(NC(=O)Nc2ccccc2)cc1. The normalized spacial score (nSPS) is 11.6. The fourth-order valence-corrected chi connectivity index (χ4v) is 3.61. The van der Waals surface area contributed by atoms with E-state index < -0.39 is 0 Å². The number of urea groups is 1. The van der Waals surface area contributed by atoms with Gasteiger partial charge >= 0.3 is 6.03 Å². The number of para-hydroxylation sites is 2. The fraction of sp³-hybridized carbons (Fsp3) is 0.154. The third kappa shape index (κ3) is 5.66. The van der Waals surface area contributed by atoms with Gasteiger partial charge in [-0.3, -0.25) is 14.3 Å². The summed E-state index contributed by atoms with van der Waals surface area (Å²) in [5, 5.41) is 13.3. The number of carbonyl (C=O) groups is 2. The molecule has 0 aliphatic rings. The molecule has 1 heterocycles. The number of aryl methyl sites for hydroxylation is 1. The highest BCUT2D eigenvalue weighted by Crippen LogP contribution is 2.17. The molecule has 3 N–H and O–H groups in total. The molecule has 8 heteroatoms. The lowest BCUT2D eigenvalue weighted by atomic mass is 10.1. The second-order valence-corrected chi connectivity index (χ2v) is 7.86. The van der Waals surface area contributed by atoms with Crippen molar-refractivity contribution in [1.82, 2.24) is 15.1 Å². The van der Waals surface area contributed by atoms with Gasteiger partial charge in [0.1, 0.15) is 0 Å². The molecule has 0 saturated heterocycles. The Morgan fingerprint density at radius 2 is 1.53 bits per heavy atom. The maximum atomic E-state index is 12.5. The predicted octanol–water partition coefficient (Wildman–Crippen LogP) is 4.31. The molecular formula is C26H25N5O3. The molecule has 8 nitrogen and oxygen atoms in total. The van der Waals surface area contributed by atoms with E-state index >= 15 is 0 Å². The van der Waals surface area contributed by atoms with Gasteiger partial charge in [0.25, 0.3) is 0 Å². The number of fused-ring (bicyclic) bond motifs is 1. The smallest absolute Gasteiger partial charge is 0.323 e. The number of hydrogen-bond acceptors (Lipinski definition) is 4. The van der Waals surface area contributed by atoms with Gasteiger partial charge < -0.3 is 16.0 Å². The lowest BCUT2D eigenvalue weighted by Gasteiger charge is -2.16. The van der Waals surface area contributed by atoms with Gasteiger partial charge in [-0.1, -0.05) is 42.5 Å². The zero-order valence-corrected chi connectivity index (χ0v) is 18.7. The first-order valence-corrected chi connectivity index (χ1v) is 11.0. The predicted molar refractivity (Wildman–Crippen MR) is 133 cm³/mol. The van der Waals surface area contributed by atoms with Crippen LogP contribution in [0.25, 0.3) is 10.9 Å². The van der Waals surface area contributed by atoms with Crippen LogP contribution in [0.15, 0.2) is 89.9 Å². The van der Waals surface area contributed by atoms with Gasteiger partial charge in [0.05, 0.1) is 24.3 Å². The lowest BCUT2D eigenvalue weighted by Crippen LogP contribution is -2.28. The van der Waals surface area contributed by atoms with Crippen molar-refractivity contribution in [2.24, 2.45) is 0 Å².